The maximum atomic E-state index is 12.5. The summed E-state index contributed by atoms with van der Waals surface area (Å²) in [4.78, 5) is 23.9. The Labute approximate surface area is 127 Å². The van der Waals surface area contributed by atoms with Crippen LogP contribution in [0, 0.1) is 13.8 Å². The van der Waals surface area contributed by atoms with Gasteiger partial charge in [-0.25, -0.2) is 4.79 Å². The second-order valence-electron chi connectivity index (χ2n) is 4.88. The molecule has 8 heteroatoms. The SMILES string of the molecule is COC(=O)C(C)NC(=O)c1ccc(C)c(C)c1-n1cnnn1. The summed E-state index contributed by atoms with van der Waals surface area (Å²) in [7, 11) is 1.27. The number of hydrogen-bond donors (Lipinski definition) is 1. The topological polar surface area (TPSA) is 99.0 Å². The van der Waals surface area contributed by atoms with Crippen molar-refractivity contribution < 1.29 is 14.3 Å². The van der Waals surface area contributed by atoms with Crippen molar-refractivity contribution >= 4 is 11.9 Å². The van der Waals surface area contributed by atoms with E-state index in [0.29, 0.717) is 11.3 Å². The van der Waals surface area contributed by atoms with Crippen LogP contribution in [0.3, 0.4) is 0 Å². The standard InChI is InChI=1S/C14H17N5O3/c1-8-5-6-11(13(20)16-10(3)14(21)22-4)12(9(8)2)19-7-15-17-18-19/h5-7,10H,1-4H3,(H,16,20). The molecule has 0 saturated carbocycles. The Bertz CT molecular complexity index is 697. The summed E-state index contributed by atoms with van der Waals surface area (Å²) >= 11 is 0. The van der Waals surface area contributed by atoms with Gasteiger partial charge in [-0.05, 0) is 48.4 Å². The zero-order valence-electron chi connectivity index (χ0n) is 12.8. The lowest BCUT2D eigenvalue weighted by Gasteiger charge is -2.16. The van der Waals surface area contributed by atoms with E-state index in [1.54, 1.807) is 13.0 Å². The van der Waals surface area contributed by atoms with E-state index < -0.39 is 17.9 Å². The number of aryl methyl sites for hydroxylation is 1. The molecule has 0 aliphatic heterocycles. The molecule has 2 aromatic rings. The van der Waals surface area contributed by atoms with Crippen LogP contribution in [0.25, 0.3) is 5.69 Å². The van der Waals surface area contributed by atoms with E-state index in [1.165, 1.54) is 18.1 Å². The Hall–Kier alpha value is -2.77. The number of ether oxygens (including phenoxy) is 1. The zero-order chi connectivity index (χ0) is 16.3. The molecule has 1 atom stereocenters. The molecule has 0 bridgehead atoms. The number of tetrazole rings is 1. The molecule has 0 saturated heterocycles. The minimum absolute atomic E-state index is 0.381. The molecule has 1 amide bonds. The summed E-state index contributed by atoms with van der Waals surface area (Å²) in [5.74, 6) is -0.910. The first-order chi connectivity index (χ1) is 10.5. The number of carbonyl (C=O) groups excluding carboxylic acids is 2. The van der Waals surface area contributed by atoms with Crippen molar-refractivity contribution in [1.29, 1.82) is 0 Å². The van der Waals surface area contributed by atoms with Crippen molar-refractivity contribution in [3.05, 3.63) is 35.2 Å². The number of amides is 1. The predicted octanol–water partition coefficient (Wildman–Crippen LogP) is 0.570. The van der Waals surface area contributed by atoms with Crippen LogP contribution < -0.4 is 5.32 Å². The van der Waals surface area contributed by atoms with Crippen molar-refractivity contribution in [3.63, 3.8) is 0 Å². The molecule has 0 spiro atoms. The van der Waals surface area contributed by atoms with Gasteiger partial charge in [0.15, 0.2) is 0 Å². The maximum absolute atomic E-state index is 12.5. The van der Waals surface area contributed by atoms with Gasteiger partial charge in [-0.2, -0.15) is 4.68 Å². The molecular formula is C14H17N5O3. The monoisotopic (exact) mass is 303 g/mol. The highest BCUT2D eigenvalue weighted by atomic mass is 16.5. The summed E-state index contributed by atoms with van der Waals surface area (Å²) < 4.78 is 6.03. The van der Waals surface area contributed by atoms with Crippen molar-refractivity contribution in [3.8, 4) is 5.69 Å². The number of rotatable bonds is 4. The number of nitrogens with one attached hydrogen (secondary N) is 1. The highest BCUT2D eigenvalue weighted by molar-refractivity contribution is 6.00. The van der Waals surface area contributed by atoms with E-state index in [1.807, 2.05) is 19.9 Å². The van der Waals surface area contributed by atoms with Crippen molar-refractivity contribution in [1.82, 2.24) is 25.5 Å². The van der Waals surface area contributed by atoms with Crippen LogP contribution in [-0.2, 0) is 9.53 Å². The lowest BCUT2D eigenvalue weighted by atomic mass is 10.0. The Morgan fingerprint density at radius 2 is 2.05 bits per heavy atom. The molecule has 22 heavy (non-hydrogen) atoms. The number of benzene rings is 1. The average molecular weight is 303 g/mol. The molecule has 1 N–H and O–H groups in total. The van der Waals surface area contributed by atoms with E-state index in [9.17, 15) is 9.59 Å². The number of esters is 1. The quantitative estimate of drug-likeness (QED) is 0.829. The fraction of sp³-hybridized carbons (Fsp3) is 0.357. The first-order valence-electron chi connectivity index (χ1n) is 6.68. The third-order valence-corrected chi connectivity index (χ3v) is 3.43. The minimum Gasteiger partial charge on any atom is -0.467 e. The molecule has 0 aliphatic rings. The second-order valence-corrected chi connectivity index (χ2v) is 4.88. The van der Waals surface area contributed by atoms with Crippen LogP contribution in [0.5, 0.6) is 0 Å². The largest absolute Gasteiger partial charge is 0.467 e. The number of nitrogens with zero attached hydrogens (tertiary/aromatic N) is 4. The summed E-state index contributed by atoms with van der Waals surface area (Å²) in [6.07, 6.45) is 1.42. The number of carbonyl (C=O) groups is 2. The fourth-order valence-corrected chi connectivity index (χ4v) is 2.05. The van der Waals surface area contributed by atoms with E-state index >= 15 is 0 Å². The molecule has 0 fully saturated rings. The molecule has 0 aliphatic carbocycles. The lowest BCUT2D eigenvalue weighted by Crippen LogP contribution is -2.39. The number of hydrogen-bond acceptors (Lipinski definition) is 6. The van der Waals surface area contributed by atoms with Crippen LogP contribution in [0.15, 0.2) is 18.5 Å². The molecule has 116 valence electrons. The normalized spacial score (nSPS) is 11.8. The van der Waals surface area contributed by atoms with Gasteiger partial charge in [0.05, 0.1) is 18.4 Å². The highest BCUT2D eigenvalue weighted by Crippen LogP contribution is 2.21. The molecule has 2 rings (SSSR count). The van der Waals surface area contributed by atoms with E-state index in [-0.39, 0.29) is 0 Å². The smallest absolute Gasteiger partial charge is 0.328 e. The molecule has 8 nitrogen and oxygen atoms in total. The van der Waals surface area contributed by atoms with Gasteiger partial charge < -0.3 is 10.1 Å². The van der Waals surface area contributed by atoms with Gasteiger partial charge in [0, 0.05) is 0 Å². The van der Waals surface area contributed by atoms with Crippen LogP contribution in [0.2, 0.25) is 0 Å². The van der Waals surface area contributed by atoms with Gasteiger partial charge in [-0.3, -0.25) is 4.79 Å². The molecule has 1 unspecified atom stereocenters. The third kappa shape index (κ3) is 2.95. The molecule has 1 aromatic carbocycles. The summed E-state index contributed by atoms with van der Waals surface area (Å²) in [6, 6.07) is 2.76. The van der Waals surface area contributed by atoms with Crippen LogP contribution in [0.1, 0.15) is 28.4 Å². The lowest BCUT2D eigenvalue weighted by molar-refractivity contribution is -0.142. The van der Waals surface area contributed by atoms with Crippen LogP contribution in [0.4, 0.5) is 0 Å². The number of aromatic nitrogens is 4. The molecule has 1 aromatic heterocycles. The molecule has 0 radical (unpaired) electrons. The Balaban J connectivity index is 2.41. The average Bonchev–Trinajstić information content (AvgIpc) is 3.02. The minimum atomic E-state index is -0.749. The predicted molar refractivity (Wildman–Crippen MR) is 77.6 cm³/mol. The van der Waals surface area contributed by atoms with Gasteiger partial charge in [0.1, 0.15) is 12.4 Å². The fourth-order valence-electron chi connectivity index (χ4n) is 2.05. The van der Waals surface area contributed by atoms with Crippen molar-refractivity contribution in [2.45, 2.75) is 26.8 Å². The first-order valence-corrected chi connectivity index (χ1v) is 6.68. The van der Waals surface area contributed by atoms with Crippen LogP contribution >= 0.6 is 0 Å². The Morgan fingerprint density at radius 1 is 1.32 bits per heavy atom. The van der Waals surface area contributed by atoms with Gasteiger partial charge >= 0.3 is 5.97 Å². The van der Waals surface area contributed by atoms with Crippen molar-refractivity contribution in [2.24, 2.45) is 0 Å². The summed E-state index contributed by atoms with van der Waals surface area (Å²) in [5, 5.41) is 13.6. The van der Waals surface area contributed by atoms with Gasteiger partial charge in [-0.15, -0.1) is 5.10 Å². The molecule has 1 heterocycles. The summed E-state index contributed by atoms with van der Waals surface area (Å²) in [6.45, 7) is 5.37. The zero-order valence-corrected chi connectivity index (χ0v) is 12.8. The van der Waals surface area contributed by atoms with Gasteiger partial charge in [-0.1, -0.05) is 6.07 Å². The Morgan fingerprint density at radius 3 is 2.64 bits per heavy atom. The first kappa shape index (κ1) is 15.6. The second kappa shape index (κ2) is 6.33. The third-order valence-electron chi connectivity index (χ3n) is 3.43. The Kier molecular flexibility index (Phi) is 4.50. The summed E-state index contributed by atoms with van der Waals surface area (Å²) in [5.41, 5.74) is 2.85. The van der Waals surface area contributed by atoms with E-state index in [4.69, 9.17) is 0 Å². The van der Waals surface area contributed by atoms with Gasteiger partial charge in [0.2, 0.25) is 0 Å². The van der Waals surface area contributed by atoms with E-state index in [0.717, 1.165) is 11.1 Å². The van der Waals surface area contributed by atoms with Crippen molar-refractivity contribution in [2.75, 3.05) is 7.11 Å². The van der Waals surface area contributed by atoms with Gasteiger partial charge in [0.25, 0.3) is 5.91 Å². The highest BCUT2D eigenvalue weighted by Gasteiger charge is 2.21. The maximum Gasteiger partial charge on any atom is 0.328 e. The molecular weight excluding hydrogens is 286 g/mol. The van der Waals surface area contributed by atoms with Crippen LogP contribution in [-0.4, -0.2) is 45.2 Å². The number of methoxy groups -OCH3 is 1. The van der Waals surface area contributed by atoms with E-state index in [2.05, 4.69) is 25.6 Å².